The zero-order valence-electron chi connectivity index (χ0n) is 8.36. The molecular formula is C9H11ClO4S. The predicted molar refractivity (Wildman–Crippen MR) is 56.7 cm³/mol. The summed E-state index contributed by atoms with van der Waals surface area (Å²) in [5, 5.41) is 0. The topological polar surface area (TPSA) is 52.6 Å². The van der Waals surface area contributed by atoms with Crippen molar-refractivity contribution >= 4 is 19.7 Å². The third-order valence-corrected chi connectivity index (χ3v) is 3.12. The van der Waals surface area contributed by atoms with Crippen LogP contribution in [0.5, 0.6) is 5.75 Å². The summed E-state index contributed by atoms with van der Waals surface area (Å²) in [7, 11) is 2.97. The van der Waals surface area contributed by atoms with E-state index in [1.54, 1.807) is 13.0 Å². The summed E-state index contributed by atoms with van der Waals surface area (Å²) < 4.78 is 32.0. The molecule has 0 saturated carbocycles. The van der Waals surface area contributed by atoms with Crippen LogP contribution in [0.2, 0.25) is 0 Å². The van der Waals surface area contributed by atoms with Crippen molar-refractivity contribution in [3.8, 4) is 5.75 Å². The molecule has 0 spiro atoms. The lowest BCUT2D eigenvalue weighted by Gasteiger charge is -2.08. The third kappa shape index (κ3) is 3.37. The van der Waals surface area contributed by atoms with Gasteiger partial charge in [0, 0.05) is 23.9 Å². The number of hydrogen-bond acceptors (Lipinski definition) is 4. The van der Waals surface area contributed by atoms with E-state index < -0.39 is 9.05 Å². The van der Waals surface area contributed by atoms with E-state index in [0.717, 1.165) is 5.56 Å². The highest BCUT2D eigenvalue weighted by Gasteiger charge is 2.12. The molecule has 0 unspecified atom stereocenters. The second-order valence-corrected chi connectivity index (χ2v) is 5.48. The van der Waals surface area contributed by atoms with E-state index >= 15 is 0 Å². The largest absolute Gasteiger partial charge is 0.467 e. The first-order chi connectivity index (χ1) is 6.95. The molecule has 0 aliphatic rings. The fourth-order valence-corrected chi connectivity index (χ4v) is 1.78. The molecule has 1 aromatic rings. The summed E-state index contributed by atoms with van der Waals surface area (Å²) in [6.45, 7) is 1.86. The minimum absolute atomic E-state index is 0.0147. The summed E-state index contributed by atoms with van der Waals surface area (Å²) in [5.41, 5.74) is 0.816. The van der Waals surface area contributed by atoms with Gasteiger partial charge in [-0.2, -0.15) is 0 Å². The molecule has 0 aliphatic heterocycles. The van der Waals surface area contributed by atoms with Gasteiger partial charge in [0.25, 0.3) is 9.05 Å². The molecule has 0 saturated heterocycles. The summed E-state index contributed by atoms with van der Waals surface area (Å²) >= 11 is 0. The SMILES string of the molecule is COCOc1cc(S(=O)(=O)Cl)ccc1C. The van der Waals surface area contributed by atoms with Crippen LogP contribution in [0.15, 0.2) is 23.1 Å². The molecule has 0 atom stereocenters. The maximum atomic E-state index is 11.0. The lowest BCUT2D eigenvalue weighted by Crippen LogP contribution is -2.01. The molecule has 0 fully saturated rings. The average molecular weight is 251 g/mol. The van der Waals surface area contributed by atoms with Gasteiger partial charge in [-0.3, -0.25) is 0 Å². The second kappa shape index (κ2) is 4.83. The van der Waals surface area contributed by atoms with Crippen molar-refractivity contribution < 1.29 is 17.9 Å². The Hall–Kier alpha value is -0.780. The van der Waals surface area contributed by atoms with Crippen LogP contribution in [0.4, 0.5) is 0 Å². The van der Waals surface area contributed by atoms with Gasteiger partial charge in [0.2, 0.25) is 0 Å². The Morgan fingerprint density at radius 1 is 1.40 bits per heavy atom. The quantitative estimate of drug-likeness (QED) is 0.605. The average Bonchev–Trinajstić information content (AvgIpc) is 2.15. The standard InChI is InChI=1S/C9H11ClO4S/c1-7-3-4-8(15(10,11)12)5-9(7)14-6-13-2/h3-5H,6H2,1-2H3. The van der Waals surface area contributed by atoms with Crippen molar-refractivity contribution in [3.63, 3.8) is 0 Å². The van der Waals surface area contributed by atoms with Crippen LogP contribution >= 0.6 is 10.7 Å². The van der Waals surface area contributed by atoms with E-state index in [2.05, 4.69) is 0 Å². The van der Waals surface area contributed by atoms with Crippen molar-refractivity contribution in [3.05, 3.63) is 23.8 Å². The van der Waals surface area contributed by atoms with E-state index in [9.17, 15) is 8.42 Å². The number of benzene rings is 1. The summed E-state index contributed by atoms with van der Waals surface area (Å²) in [5.74, 6) is 0.443. The smallest absolute Gasteiger partial charge is 0.261 e. The van der Waals surface area contributed by atoms with Gasteiger partial charge in [-0.1, -0.05) is 6.07 Å². The first kappa shape index (κ1) is 12.3. The maximum absolute atomic E-state index is 11.0. The molecule has 4 nitrogen and oxygen atoms in total. The number of ether oxygens (including phenoxy) is 2. The molecule has 84 valence electrons. The summed E-state index contributed by atoms with van der Waals surface area (Å²) in [6.07, 6.45) is 0. The Labute approximate surface area is 93.2 Å². The van der Waals surface area contributed by atoms with Gasteiger partial charge in [0.05, 0.1) is 4.90 Å². The van der Waals surface area contributed by atoms with Gasteiger partial charge in [-0.05, 0) is 18.6 Å². The van der Waals surface area contributed by atoms with Crippen LogP contribution < -0.4 is 4.74 Å². The van der Waals surface area contributed by atoms with Crippen LogP contribution in [-0.2, 0) is 13.8 Å². The highest BCUT2D eigenvalue weighted by molar-refractivity contribution is 8.13. The van der Waals surface area contributed by atoms with Crippen molar-refractivity contribution in [2.45, 2.75) is 11.8 Å². The fourth-order valence-electron chi connectivity index (χ4n) is 1.01. The molecular weight excluding hydrogens is 240 g/mol. The van der Waals surface area contributed by atoms with Gasteiger partial charge in [0.1, 0.15) is 5.75 Å². The normalized spacial score (nSPS) is 11.4. The summed E-state index contributed by atoms with van der Waals surface area (Å²) in [6, 6.07) is 4.42. The van der Waals surface area contributed by atoms with E-state index in [0.29, 0.717) is 5.75 Å². The molecule has 1 rings (SSSR count). The van der Waals surface area contributed by atoms with Gasteiger partial charge in [-0.25, -0.2) is 8.42 Å². The van der Waals surface area contributed by atoms with E-state index in [1.165, 1.54) is 19.2 Å². The molecule has 0 amide bonds. The molecule has 0 bridgehead atoms. The summed E-state index contributed by atoms with van der Waals surface area (Å²) in [4.78, 5) is 0.0147. The predicted octanol–water partition coefficient (Wildman–Crippen LogP) is 1.91. The lowest BCUT2D eigenvalue weighted by atomic mass is 10.2. The Kier molecular flexibility index (Phi) is 3.96. The van der Waals surface area contributed by atoms with E-state index in [1.807, 2.05) is 0 Å². The molecule has 0 aliphatic carbocycles. The number of hydrogen-bond donors (Lipinski definition) is 0. The van der Waals surface area contributed by atoms with E-state index in [-0.39, 0.29) is 11.7 Å². The second-order valence-electron chi connectivity index (χ2n) is 2.92. The first-order valence-electron chi connectivity index (χ1n) is 4.12. The minimum Gasteiger partial charge on any atom is -0.467 e. The van der Waals surface area contributed by atoms with Crippen molar-refractivity contribution in [2.24, 2.45) is 0 Å². The van der Waals surface area contributed by atoms with Crippen LogP contribution in [-0.4, -0.2) is 22.3 Å². The molecule has 0 N–H and O–H groups in total. The van der Waals surface area contributed by atoms with Gasteiger partial charge in [-0.15, -0.1) is 0 Å². The Bertz CT molecular complexity index is 441. The highest BCUT2D eigenvalue weighted by Crippen LogP contribution is 2.24. The number of methoxy groups -OCH3 is 1. The molecule has 0 heterocycles. The number of halogens is 1. The van der Waals surface area contributed by atoms with Crippen molar-refractivity contribution in [1.29, 1.82) is 0 Å². The zero-order chi connectivity index (χ0) is 11.5. The van der Waals surface area contributed by atoms with Crippen LogP contribution in [0.3, 0.4) is 0 Å². The van der Waals surface area contributed by atoms with E-state index in [4.69, 9.17) is 20.2 Å². The monoisotopic (exact) mass is 250 g/mol. The first-order valence-corrected chi connectivity index (χ1v) is 6.43. The Morgan fingerprint density at radius 3 is 2.60 bits per heavy atom. The van der Waals surface area contributed by atoms with Crippen LogP contribution in [0.1, 0.15) is 5.56 Å². The van der Waals surface area contributed by atoms with Crippen molar-refractivity contribution in [1.82, 2.24) is 0 Å². The molecule has 1 aromatic carbocycles. The Balaban J connectivity index is 3.06. The van der Waals surface area contributed by atoms with Gasteiger partial charge < -0.3 is 9.47 Å². The molecule has 0 aromatic heterocycles. The number of aryl methyl sites for hydroxylation is 1. The zero-order valence-corrected chi connectivity index (χ0v) is 9.93. The van der Waals surface area contributed by atoms with Gasteiger partial charge >= 0.3 is 0 Å². The minimum atomic E-state index is -3.72. The van der Waals surface area contributed by atoms with Gasteiger partial charge in [0.15, 0.2) is 6.79 Å². The third-order valence-electron chi connectivity index (χ3n) is 1.77. The van der Waals surface area contributed by atoms with Crippen LogP contribution in [0, 0.1) is 6.92 Å². The molecule has 15 heavy (non-hydrogen) atoms. The lowest BCUT2D eigenvalue weighted by molar-refractivity contribution is 0.0504. The molecule has 6 heteroatoms. The van der Waals surface area contributed by atoms with Crippen LogP contribution in [0.25, 0.3) is 0 Å². The van der Waals surface area contributed by atoms with Crippen molar-refractivity contribution in [2.75, 3.05) is 13.9 Å². The highest BCUT2D eigenvalue weighted by atomic mass is 35.7. The fraction of sp³-hybridized carbons (Fsp3) is 0.333. The number of rotatable bonds is 4. The Morgan fingerprint density at radius 2 is 2.07 bits per heavy atom. The molecule has 0 radical (unpaired) electrons. The maximum Gasteiger partial charge on any atom is 0.261 e.